The first kappa shape index (κ1) is 9.06. The minimum Gasteiger partial charge on any atom is -0.373 e. The Bertz CT molecular complexity index is 274. The molecule has 0 aliphatic heterocycles. The lowest BCUT2D eigenvalue weighted by molar-refractivity contribution is 0.999. The van der Waals surface area contributed by atoms with E-state index in [0.29, 0.717) is 11.1 Å². The minimum atomic E-state index is 0.443. The number of nitrogens with one attached hydrogen (secondary N) is 1. The fraction of sp³-hybridized carbons (Fsp3) is 0.429. The van der Waals surface area contributed by atoms with Gasteiger partial charge in [-0.1, -0.05) is 11.6 Å². The van der Waals surface area contributed by atoms with Crippen LogP contribution in [-0.4, -0.2) is 31.1 Å². The first-order valence-corrected chi connectivity index (χ1v) is 3.91. The van der Waals surface area contributed by atoms with E-state index in [1.165, 1.54) is 0 Å². The zero-order valence-corrected chi connectivity index (χ0v) is 8.05. The molecule has 0 amide bonds. The van der Waals surface area contributed by atoms with Gasteiger partial charge in [0.15, 0.2) is 0 Å². The van der Waals surface area contributed by atoms with Crippen LogP contribution < -0.4 is 10.2 Å². The van der Waals surface area contributed by atoms with Gasteiger partial charge in [0.05, 0.1) is 0 Å². The Morgan fingerprint density at radius 2 is 2.08 bits per heavy atom. The summed E-state index contributed by atoms with van der Waals surface area (Å²) in [5.74, 6) is 1.32. The molecule has 12 heavy (non-hydrogen) atoms. The number of aromatic nitrogens is 2. The molecular formula is C7H11ClN4. The molecule has 0 aliphatic rings. The lowest BCUT2D eigenvalue weighted by Crippen LogP contribution is -2.13. The third-order valence-electron chi connectivity index (χ3n) is 1.34. The highest BCUT2D eigenvalue weighted by Crippen LogP contribution is 2.14. The first-order valence-electron chi connectivity index (χ1n) is 3.53. The summed E-state index contributed by atoms with van der Waals surface area (Å²) in [6, 6.07) is 1.68. The molecule has 0 bridgehead atoms. The molecule has 1 aromatic rings. The molecule has 0 saturated heterocycles. The Balaban J connectivity index is 3.06. The molecule has 1 heterocycles. The van der Waals surface area contributed by atoms with Crippen molar-refractivity contribution in [2.24, 2.45) is 0 Å². The standard InChI is InChI=1S/C7H11ClN4/c1-9-6-4-5(8)10-7(11-6)12(2)3/h4H,1-3H3,(H,9,10,11). The molecule has 0 radical (unpaired) electrons. The minimum absolute atomic E-state index is 0.443. The van der Waals surface area contributed by atoms with Crippen molar-refractivity contribution in [3.05, 3.63) is 11.2 Å². The maximum absolute atomic E-state index is 5.76. The number of hydrogen-bond acceptors (Lipinski definition) is 4. The van der Waals surface area contributed by atoms with Crippen LogP contribution in [0, 0.1) is 0 Å². The molecule has 0 atom stereocenters. The summed E-state index contributed by atoms with van der Waals surface area (Å²) in [5.41, 5.74) is 0. The Morgan fingerprint density at radius 1 is 1.42 bits per heavy atom. The molecule has 4 nitrogen and oxygen atoms in total. The molecular weight excluding hydrogens is 176 g/mol. The molecule has 1 N–H and O–H groups in total. The van der Waals surface area contributed by atoms with E-state index in [1.807, 2.05) is 14.1 Å². The van der Waals surface area contributed by atoms with E-state index in [-0.39, 0.29) is 0 Å². The number of rotatable bonds is 2. The molecule has 0 aromatic carbocycles. The van der Waals surface area contributed by atoms with Crippen LogP contribution in [0.5, 0.6) is 0 Å². The Labute approximate surface area is 76.6 Å². The van der Waals surface area contributed by atoms with Crippen molar-refractivity contribution in [2.75, 3.05) is 31.4 Å². The van der Waals surface area contributed by atoms with Crippen molar-refractivity contribution < 1.29 is 0 Å². The highest BCUT2D eigenvalue weighted by Gasteiger charge is 2.02. The summed E-state index contributed by atoms with van der Waals surface area (Å²) < 4.78 is 0. The summed E-state index contributed by atoms with van der Waals surface area (Å²) in [5, 5.41) is 3.34. The quantitative estimate of drug-likeness (QED) is 0.706. The summed E-state index contributed by atoms with van der Waals surface area (Å²) in [6.45, 7) is 0. The predicted molar refractivity (Wildman–Crippen MR) is 50.9 cm³/mol. The van der Waals surface area contributed by atoms with E-state index in [1.54, 1.807) is 18.0 Å². The Hall–Kier alpha value is -1.03. The van der Waals surface area contributed by atoms with Crippen LogP contribution >= 0.6 is 11.6 Å². The van der Waals surface area contributed by atoms with E-state index < -0.39 is 0 Å². The normalized spacial score (nSPS) is 9.67. The highest BCUT2D eigenvalue weighted by molar-refractivity contribution is 6.29. The summed E-state index contributed by atoms with van der Waals surface area (Å²) in [4.78, 5) is 9.99. The fourth-order valence-electron chi connectivity index (χ4n) is 0.734. The molecule has 0 aliphatic carbocycles. The molecule has 0 spiro atoms. The number of hydrogen-bond donors (Lipinski definition) is 1. The van der Waals surface area contributed by atoms with E-state index in [4.69, 9.17) is 11.6 Å². The third kappa shape index (κ3) is 1.98. The van der Waals surface area contributed by atoms with Crippen LogP contribution in [0.3, 0.4) is 0 Å². The van der Waals surface area contributed by atoms with Crippen LogP contribution in [0.1, 0.15) is 0 Å². The zero-order valence-electron chi connectivity index (χ0n) is 7.30. The summed E-state index contributed by atoms with van der Waals surface area (Å²) in [7, 11) is 5.52. The monoisotopic (exact) mass is 186 g/mol. The molecule has 1 aromatic heterocycles. The second-order valence-corrected chi connectivity index (χ2v) is 2.91. The Morgan fingerprint density at radius 3 is 2.58 bits per heavy atom. The zero-order chi connectivity index (χ0) is 9.14. The van der Waals surface area contributed by atoms with Gasteiger partial charge in [-0.2, -0.15) is 4.98 Å². The van der Waals surface area contributed by atoms with Gasteiger partial charge in [0, 0.05) is 27.2 Å². The number of nitrogens with zero attached hydrogens (tertiary/aromatic N) is 3. The largest absolute Gasteiger partial charge is 0.373 e. The van der Waals surface area contributed by atoms with Crippen LogP contribution in [0.25, 0.3) is 0 Å². The summed E-state index contributed by atoms with van der Waals surface area (Å²) in [6.07, 6.45) is 0. The molecule has 0 unspecified atom stereocenters. The van der Waals surface area contributed by atoms with Crippen molar-refractivity contribution in [3.63, 3.8) is 0 Å². The van der Waals surface area contributed by atoms with Crippen LogP contribution in [-0.2, 0) is 0 Å². The molecule has 0 fully saturated rings. The molecule has 1 rings (SSSR count). The smallest absolute Gasteiger partial charge is 0.228 e. The SMILES string of the molecule is CNc1cc(Cl)nc(N(C)C)n1. The number of anilines is 2. The van der Waals surface area contributed by atoms with Gasteiger partial charge in [-0.05, 0) is 0 Å². The first-order chi connectivity index (χ1) is 5.63. The van der Waals surface area contributed by atoms with Crippen LogP contribution in [0.4, 0.5) is 11.8 Å². The fourth-order valence-corrected chi connectivity index (χ4v) is 0.913. The van der Waals surface area contributed by atoms with Gasteiger partial charge in [-0.25, -0.2) is 4.98 Å². The van der Waals surface area contributed by atoms with E-state index in [9.17, 15) is 0 Å². The van der Waals surface area contributed by atoms with Gasteiger partial charge in [0.2, 0.25) is 5.95 Å². The van der Waals surface area contributed by atoms with Crippen molar-refractivity contribution in [2.45, 2.75) is 0 Å². The second-order valence-electron chi connectivity index (χ2n) is 2.52. The average molecular weight is 187 g/mol. The van der Waals surface area contributed by atoms with Crippen molar-refractivity contribution in [3.8, 4) is 0 Å². The van der Waals surface area contributed by atoms with Crippen molar-refractivity contribution in [1.29, 1.82) is 0 Å². The number of halogens is 1. The third-order valence-corrected chi connectivity index (χ3v) is 1.53. The lowest BCUT2D eigenvalue weighted by atomic mass is 10.6. The topological polar surface area (TPSA) is 41.1 Å². The van der Waals surface area contributed by atoms with Crippen molar-refractivity contribution in [1.82, 2.24) is 9.97 Å². The average Bonchev–Trinajstić information content (AvgIpc) is 2.03. The van der Waals surface area contributed by atoms with Gasteiger partial charge < -0.3 is 10.2 Å². The molecule has 5 heteroatoms. The van der Waals surface area contributed by atoms with Crippen molar-refractivity contribution >= 4 is 23.4 Å². The van der Waals surface area contributed by atoms with Gasteiger partial charge in [0.1, 0.15) is 11.0 Å². The highest BCUT2D eigenvalue weighted by atomic mass is 35.5. The van der Waals surface area contributed by atoms with E-state index in [0.717, 1.165) is 5.82 Å². The van der Waals surface area contributed by atoms with E-state index in [2.05, 4.69) is 15.3 Å². The van der Waals surface area contributed by atoms with Gasteiger partial charge in [-0.3, -0.25) is 0 Å². The molecule has 0 saturated carbocycles. The van der Waals surface area contributed by atoms with E-state index >= 15 is 0 Å². The lowest BCUT2D eigenvalue weighted by Gasteiger charge is -2.10. The Kier molecular flexibility index (Phi) is 2.70. The maximum Gasteiger partial charge on any atom is 0.228 e. The van der Waals surface area contributed by atoms with Gasteiger partial charge >= 0.3 is 0 Å². The van der Waals surface area contributed by atoms with Crippen LogP contribution in [0.15, 0.2) is 6.07 Å². The second kappa shape index (κ2) is 3.58. The summed E-state index contributed by atoms with van der Waals surface area (Å²) >= 11 is 5.76. The van der Waals surface area contributed by atoms with Crippen LogP contribution in [0.2, 0.25) is 5.15 Å². The predicted octanol–water partition coefficient (Wildman–Crippen LogP) is 1.24. The van der Waals surface area contributed by atoms with Gasteiger partial charge in [-0.15, -0.1) is 0 Å². The maximum atomic E-state index is 5.76. The van der Waals surface area contributed by atoms with Gasteiger partial charge in [0.25, 0.3) is 0 Å². The molecule has 66 valence electrons.